The number of carbonyl (C=O) groups is 1. The lowest BCUT2D eigenvalue weighted by Gasteiger charge is -2.31. The molecule has 0 fully saturated rings. The number of rotatable bonds is 1. The zero-order valence-electron chi connectivity index (χ0n) is 8.42. The Morgan fingerprint density at radius 3 is 2.50 bits per heavy atom. The third-order valence-corrected chi connectivity index (χ3v) is 3.32. The van der Waals surface area contributed by atoms with Gasteiger partial charge in [-0.25, -0.2) is 0 Å². The van der Waals surface area contributed by atoms with E-state index in [0.29, 0.717) is 17.6 Å². The van der Waals surface area contributed by atoms with Gasteiger partial charge in [-0.15, -0.1) is 0 Å². The number of ketones is 1. The third-order valence-electron chi connectivity index (χ3n) is 3.32. The van der Waals surface area contributed by atoms with Gasteiger partial charge in [0.05, 0.1) is 0 Å². The van der Waals surface area contributed by atoms with Crippen LogP contribution in [0.1, 0.15) is 34.1 Å². The van der Waals surface area contributed by atoms with Gasteiger partial charge in [-0.2, -0.15) is 0 Å². The summed E-state index contributed by atoms with van der Waals surface area (Å²) in [7, 11) is 0. The molecule has 0 aromatic rings. The van der Waals surface area contributed by atoms with Crippen molar-refractivity contribution >= 4 is 5.78 Å². The van der Waals surface area contributed by atoms with Crippen molar-refractivity contribution in [2.24, 2.45) is 17.8 Å². The fourth-order valence-electron chi connectivity index (χ4n) is 2.06. The topological polar surface area (TPSA) is 17.1 Å². The van der Waals surface area contributed by atoms with Crippen LogP contribution in [0.2, 0.25) is 0 Å². The van der Waals surface area contributed by atoms with Crippen LogP contribution in [0.25, 0.3) is 0 Å². The molecule has 1 heteroatoms. The van der Waals surface area contributed by atoms with E-state index in [0.717, 1.165) is 6.42 Å². The maximum atomic E-state index is 11.5. The summed E-state index contributed by atoms with van der Waals surface area (Å²) in [6.45, 7) is 8.56. The molecule has 0 aromatic heterocycles. The van der Waals surface area contributed by atoms with E-state index in [1.807, 2.05) is 6.08 Å². The van der Waals surface area contributed by atoms with Crippen molar-refractivity contribution in [2.75, 3.05) is 0 Å². The van der Waals surface area contributed by atoms with E-state index in [2.05, 4.69) is 27.7 Å². The minimum absolute atomic E-state index is 0.267. The Labute approximate surface area is 74.9 Å². The molecule has 0 aromatic carbocycles. The summed E-state index contributed by atoms with van der Waals surface area (Å²) in [4.78, 5) is 11.5. The van der Waals surface area contributed by atoms with Gasteiger partial charge in [0, 0.05) is 5.92 Å². The van der Waals surface area contributed by atoms with Crippen LogP contribution in [0.3, 0.4) is 0 Å². The quantitative estimate of drug-likeness (QED) is 0.585. The van der Waals surface area contributed by atoms with Gasteiger partial charge in [-0.3, -0.25) is 4.79 Å². The first-order valence-corrected chi connectivity index (χ1v) is 4.80. The summed E-state index contributed by atoms with van der Waals surface area (Å²) >= 11 is 0. The van der Waals surface area contributed by atoms with Crippen LogP contribution in [0.4, 0.5) is 0 Å². The lowest BCUT2D eigenvalue weighted by molar-refractivity contribution is -0.121. The Kier molecular flexibility index (Phi) is 2.71. The average Bonchev–Trinajstić information content (AvgIpc) is 2.01. The molecule has 12 heavy (non-hydrogen) atoms. The Bertz CT molecular complexity index is 215. The summed E-state index contributed by atoms with van der Waals surface area (Å²) in [5.74, 6) is 1.70. The molecule has 68 valence electrons. The van der Waals surface area contributed by atoms with E-state index in [-0.39, 0.29) is 5.92 Å². The highest BCUT2D eigenvalue weighted by Crippen LogP contribution is 2.33. The highest BCUT2D eigenvalue weighted by Gasteiger charge is 2.31. The summed E-state index contributed by atoms with van der Waals surface area (Å²) in [6.07, 6.45) is 2.81. The molecule has 1 rings (SSSR count). The molecule has 0 radical (unpaired) electrons. The minimum Gasteiger partial charge on any atom is -0.295 e. The van der Waals surface area contributed by atoms with Crippen LogP contribution < -0.4 is 0 Å². The fourth-order valence-corrected chi connectivity index (χ4v) is 2.06. The standard InChI is InChI=1S/C11H18O/c1-5-10-9(4)8(3)7(2)6-11(10)12/h6,8-10H,5H2,1-4H3. The molecule has 0 amide bonds. The number of hydrogen-bond acceptors (Lipinski definition) is 1. The van der Waals surface area contributed by atoms with E-state index < -0.39 is 0 Å². The van der Waals surface area contributed by atoms with Gasteiger partial charge in [-0.05, 0) is 31.3 Å². The Morgan fingerprint density at radius 1 is 1.42 bits per heavy atom. The highest BCUT2D eigenvalue weighted by molar-refractivity contribution is 5.93. The molecule has 1 aliphatic rings. The maximum Gasteiger partial charge on any atom is 0.158 e. The van der Waals surface area contributed by atoms with Crippen LogP contribution in [0.5, 0.6) is 0 Å². The van der Waals surface area contributed by atoms with E-state index >= 15 is 0 Å². The number of hydrogen-bond donors (Lipinski definition) is 0. The van der Waals surface area contributed by atoms with Crippen molar-refractivity contribution in [1.29, 1.82) is 0 Å². The summed E-state index contributed by atoms with van der Waals surface area (Å²) < 4.78 is 0. The van der Waals surface area contributed by atoms with Crippen molar-refractivity contribution in [1.82, 2.24) is 0 Å². The summed E-state index contributed by atoms with van der Waals surface area (Å²) in [5, 5.41) is 0. The molecule has 1 aliphatic carbocycles. The molecule has 3 atom stereocenters. The van der Waals surface area contributed by atoms with E-state index in [1.165, 1.54) is 5.57 Å². The summed E-state index contributed by atoms with van der Waals surface area (Å²) in [5.41, 5.74) is 1.25. The zero-order valence-corrected chi connectivity index (χ0v) is 8.42. The lowest BCUT2D eigenvalue weighted by atomic mass is 9.72. The van der Waals surface area contributed by atoms with Gasteiger partial charge in [0.2, 0.25) is 0 Å². The van der Waals surface area contributed by atoms with Crippen LogP contribution in [-0.2, 0) is 4.79 Å². The SMILES string of the molecule is CCC1C(=O)C=C(C)C(C)C1C. The Hall–Kier alpha value is -0.590. The van der Waals surface area contributed by atoms with E-state index in [9.17, 15) is 4.79 Å². The molecule has 1 nitrogen and oxygen atoms in total. The fraction of sp³-hybridized carbons (Fsp3) is 0.727. The first-order chi connectivity index (χ1) is 5.57. The zero-order chi connectivity index (χ0) is 9.30. The van der Waals surface area contributed by atoms with Crippen molar-refractivity contribution in [3.63, 3.8) is 0 Å². The normalized spacial score (nSPS) is 36.5. The first-order valence-electron chi connectivity index (χ1n) is 4.80. The first kappa shape index (κ1) is 9.50. The molecule has 0 saturated carbocycles. The maximum absolute atomic E-state index is 11.5. The Morgan fingerprint density at radius 2 is 2.00 bits per heavy atom. The highest BCUT2D eigenvalue weighted by atomic mass is 16.1. The van der Waals surface area contributed by atoms with Crippen LogP contribution in [0, 0.1) is 17.8 Å². The molecular weight excluding hydrogens is 148 g/mol. The monoisotopic (exact) mass is 166 g/mol. The van der Waals surface area contributed by atoms with Gasteiger partial charge in [0.15, 0.2) is 5.78 Å². The molecule has 0 saturated heterocycles. The second-order valence-corrected chi connectivity index (χ2v) is 3.95. The molecule has 0 heterocycles. The van der Waals surface area contributed by atoms with E-state index in [4.69, 9.17) is 0 Å². The predicted octanol–water partition coefficient (Wildman–Crippen LogP) is 2.81. The van der Waals surface area contributed by atoms with Gasteiger partial charge in [0.25, 0.3) is 0 Å². The second kappa shape index (κ2) is 3.42. The van der Waals surface area contributed by atoms with Gasteiger partial charge in [-0.1, -0.05) is 26.3 Å². The van der Waals surface area contributed by atoms with Crippen molar-refractivity contribution in [3.05, 3.63) is 11.6 Å². The summed E-state index contributed by atoms with van der Waals surface area (Å²) in [6, 6.07) is 0. The lowest BCUT2D eigenvalue weighted by Crippen LogP contribution is -2.30. The second-order valence-electron chi connectivity index (χ2n) is 3.95. The molecule has 0 bridgehead atoms. The Balaban J connectivity index is 2.90. The van der Waals surface area contributed by atoms with Crippen molar-refractivity contribution < 1.29 is 4.79 Å². The smallest absolute Gasteiger partial charge is 0.158 e. The van der Waals surface area contributed by atoms with Crippen LogP contribution in [-0.4, -0.2) is 5.78 Å². The molecule has 3 unspecified atom stereocenters. The molecular formula is C11H18O. The predicted molar refractivity (Wildman–Crippen MR) is 50.9 cm³/mol. The average molecular weight is 166 g/mol. The van der Waals surface area contributed by atoms with Gasteiger partial charge >= 0.3 is 0 Å². The number of allylic oxidation sites excluding steroid dienone is 2. The molecule has 0 aliphatic heterocycles. The van der Waals surface area contributed by atoms with Crippen LogP contribution >= 0.6 is 0 Å². The van der Waals surface area contributed by atoms with Crippen molar-refractivity contribution in [3.8, 4) is 0 Å². The number of carbonyl (C=O) groups excluding carboxylic acids is 1. The van der Waals surface area contributed by atoms with Gasteiger partial charge in [0.1, 0.15) is 0 Å². The third kappa shape index (κ3) is 1.45. The molecule has 0 spiro atoms. The van der Waals surface area contributed by atoms with E-state index in [1.54, 1.807) is 0 Å². The van der Waals surface area contributed by atoms with Gasteiger partial charge < -0.3 is 0 Å². The van der Waals surface area contributed by atoms with Crippen molar-refractivity contribution in [2.45, 2.75) is 34.1 Å². The van der Waals surface area contributed by atoms with Crippen LogP contribution in [0.15, 0.2) is 11.6 Å². The molecule has 0 N–H and O–H groups in total. The largest absolute Gasteiger partial charge is 0.295 e. The minimum atomic E-state index is 0.267.